The predicted octanol–water partition coefficient (Wildman–Crippen LogP) is 5.61. The lowest BCUT2D eigenvalue weighted by molar-refractivity contribution is -0.105. The molecule has 0 heterocycles. The van der Waals surface area contributed by atoms with Crippen LogP contribution in [0.25, 0.3) is 0 Å². The van der Waals surface area contributed by atoms with Crippen LogP contribution in [0.1, 0.15) is 13.8 Å². The average molecular weight is 401 g/mol. The second-order valence-corrected chi connectivity index (χ2v) is 7.11. The number of benzene rings is 2. The van der Waals surface area contributed by atoms with Crippen LogP contribution in [0, 0.1) is 0 Å². The molecule has 0 bridgehead atoms. The van der Waals surface area contributed by atoms with Gasteiger partial charge in [-0.1, -0.05) is 29.4 Å². The first-order valence-electron chi connectivity index (χ1n) is 6.64. The van der Waals surface area contributed by atoms with Crippen LogP contribution in [0.15, 0.2) is 50.7 Å². The second kappa shape index (κ2) is 7.90. The number of halogens is 2. The number of hydrogen-bond donors (Lipinski definition) is 1. The number of rotatable bonds is 6. The maximum absolute atomic E-state index is 10.9. The van der Waals surface area contributed by atoms with Crippen molar-refractivity contribution >= 4 is 51.4 Å². The Kier molecular flexibility index (Phi) is 6.17. The number of ether oxygens (including phenoxy) is 1. The van der Waals surface area contributed by atoms with Crippen molar-refractivity contribution in [2.45, 2.75) is 29.7 Å². The quantitative estimate of drug-likeness (QED) is 0.641. The summed E-state index contributed by atoms with van der Waals surface area (Å²) >= 11 is 11.0. The van der Waals surface area contributed by atoms with Crippen LogP contribution in [-0.4, -0.2) is 12.5 Å². The third-order valence-corrected chi connectivity index (χ3v) is 4.96. The van der Waals surface area contributed by atoms with Crippen molar-refractivity contribution in [3.8, 4) is 5.75 Å². The fourth-order valence-corrected chi connectivity index (χ4v) is 3.69. The zero-order chi connectivity index (χ0) is 16.1. The van der Waals surface area contributed by atoms with Crippen molar-refractivity contribution in [2.24, 2.45) is 0 Å². The van der Waals surface area contributed by atoms with E-state index in [2.05, 4.69) is 21.2 Å². The number of hydrogen-bond acceptors (Lipinski definition) is 3. The molecule has 0 atom stereocenters. The molecule has 0 saturated carbocycles. The lowest BCUT2D eigenvalue weighted by Crippen LogP contribution is -2.08. The molecule has 2 rings (SSSR count). The zero-order valence-corrected chi connectivity index (χ0v) is 15.3. The van der Waals surface area contributed by atoms with Gasteiger partial charge in [0.15, 0.2) is 0 Å². The molecule has 0 aliphatic carbocycles. The number of amides is 1. The predicted molar refractivity (Wildman–Crippen MR) is 95.2 cm³/mol. The highest BCUT2D eigenvalue weighted by atomic mass is 79.9. The first kappa shape index (κ1) is 17.2. The lowest BCUT2D eigenvalue weighted by Gasteiger charge is -2.16. The van der Waals surface area contributed by atoms with Gasteiger partial charge in [0.05, 0.1) is 11.8 Å². The van der Waals surface area contributed by atoms with E-state index in [0.717, 1.165) is 14.3 Å². The van der Waals surface area contributed by atoms with Gasteiger partial charge in [-0.3, -0.25) is 4.79 Å². The minimum absolute atomic E-state index is 0.0229. The summed E-state index contributed by atoms with van der Waals surface area (Å²) in [4.78, 5) is 12.8. The fourth-order valence-electron chi connectivity index (χ4n) is 1.83. The summed E-state index contributed by atoms with van der Waals surface area (Å²) in [6.45, 7) is 3.89. The Hall–Kier alpha value is -1.17. The summed E-state index contributed by atoms with van der Waals surface area (Å²) in [5.74, 6) is 0.650. The van der Waals surface area contributed by atoms with E-state index in [-0.39, 0.29) is 6.10 Å². The molecule has 0 fully saturated rings. The van der Waals surface area contributed by atoms with E-state index in [4.69, 9.17) is 16.3 Å². The van der Waals surface area contributed by atoms with Crippen molar-refractivity contribution in [3.05, 3.63) is 45.9 Å². The minimum Gasteiger partial charge on any atom is -0.489 e. The Labute approximate surface area is 147 Å². The van der Waals surface area contributed by atoms with Crippen LogP contribution < -0.4 is 10.1 Å². The van der Waals surface area contributed by atoms with E-state index in [1.807, 2.05) is 50.2 Å². The Morgan fingerprint density at radius 1 is 1.27 bits per heavy atom. The summed E-state index contributed by atoms with van der Waals surface area (Å²) in [7, 11) is 0. The highest BCUT2D eigenvalue weighted by molar-refractivity contribution is 9.10. The molecule has 1 N–H and O–H groups in total. The monoisotopic (exact) mass is 399 g/mol. The number of carbonyl (C=O) groups excluding carboxylic acids is 1. The van der Waals surface area contributed by atoms with Gasteiger partial charge in [-0.05, 0) is 60.1 Å². The molecule has 0 spiro atoms. The minimum atomic E-state index is 0.0229. The molecule has 0 saturated heterocycles. The van der Waals surface area contributed by atoms with E-state index in [9.17, 15) is 4.79 Å². The van der Waals surface area contributed by atoms with E-state index < -0.39 is 0 Å². The summed E-state index contributed by atoms with van der Waals surface area (Å²) < 4.78 is 6.66. The Morgan fingerprint density at radius 3 is 2.68 bits per heavy atom. The third kappa shape index (κ3) is 4.41. The molecular formula is C16H15BrClNO2S. The molecule has 0 aliphatic heterocycles. The van der Waals surface area contributed by atoms with Crippen LogP contribution in [-0.2, 0) is 4.79 Å². The van der Waals surface area contributed by atoms with Gasteiger partial charge in [0.2, 0.25) is 6.41 Å². The molecule has 1 amide bonds. The maximum atomic E-state index is 10.9. The third-order valence-electron chi connectivity index (χ3n) is 2.67. The van der Waals surface area contributed by atoms with Gasteiger partial charge in [0.25, 0.3) is 0 Å². The standard InChI is InChI=1S/C16H15BrClNO2S/c1-10(2)21-13-4-3-5-15(16(13)19-9-20)22-14-7-6-11(18)8-12(14)17/h3-10H,1-2H3,(H,19,20). The maximum Gasteiger partial charge on any atom is 0.211 e. The molecule has 22 heavy (non-hydrogen) atoms. The fraction of sp³-hybridized carbons (Fsp3) is 0.188. The lowest BCUT2D eigenvalue weighted by atomic mass is 10.3. The van der Waals surface area contributed by atoms with Crippen LogP contribution in [0.3, 0.4) is 0 Å². The van der Waals surface area contributed by atoms with Gasteiger partial charge >= 0.3 is 0 Å². The Morgan fingerprint density at radius 2 is 2.05 bits per heavy atom. The second-order valence-electron chi connectivity index (χ2n) is 4.73. The van der Waals surface area contributed by atoms with Crippen LogP contribution in [0.4, 0.5) is 5.69 Å². The van der Waals surface area contributed by atoms with E-state index in [0.29, 0.717) is 22.9 Å². The number of carbonyl (C=O) groups is 1. The van der Waals surface area contributed by atoms with Crippen molar-refractivity contribution in [1.82, 2.24) is 0 Å². The first-order valence-corrected chi connectivity index (χ1v) is 8.62. The normalized spacial score (nSPS) is 10.6. The van der Waals surface area contributed by atoms with Gasteiger partial charge in [0, 0.05) is 19.3 Å². The molecule has 6 heteroatoms. The van der Waals surface area contributed by atoms with Gasteiger partial charge in [-0.25, -0.2) is 0 Å². The number of nitrogens with one attached hydrogen (secondary N) is 1. The Bertz CT molecular complexity index is 679. The van der Waals surface area contributed by atoms with Crippen molar-refractivity contribution < 1.29 is 9.53 Å². The molecule has 2 aromatic rings. The number of para-hydroxylation sites is 1. The Balaban J connectivity index is 2.38. The van der Waals surface area contributed by atoms with Crippen LogP contribution >= 0.6 is 39.3 Å². The number of anilines is 1. The van der Waals surface area contributed by atoms with E-state index in [1.165, 1.54) is 11.8 Å². The summed E-state index contributed by atoms with van der Waals surface area (Å²) in [5.41, 5.74) is 0.665. The van der Waals surface area contributed by atoms with Crippen molar-refractivity contribution in [2.75, 3.05) is 5.32 Å². The molecular weight excluding hydrogens is 386 g/mol. The molecule has 116 valence electrons. The molecule has 0 aromatic heterocycles. The summed E-state index contributed by atoms with van der Waals surface area (Å²) in [6, 6.07) is 11.3. The molecule has 0 unspecified atom stereocenters. The van der Waals surface area contributed by atoms with E-state index in [1.54, 1.807) is 0 Å². The zero-order valence-electron chi connectivity index (χ0n) is 12.1. The van der Waals surface area contributed by atoms with Gasteiger partial charge in [0.1, 0.15) is 5.75 Å². The largest absolute Gasteiger partial charge is 0.489 e. The molecule has 0 aliphatic rings. The molecule has 0 radical (unpaired) electrons. The van der Waals surface area contributed by atoms with Crippen LogP contribution in [0.5, 0.6) is 5.75 Å². The van der Waals surface area contributed by atoms with Gasteiger partial charge < -0.3 is 10.1 Å². The summed E-state index contributed by atoms with van der Waals surface area (Å²) in [6.07, 6.45) is 0.679. The summed E-state index contributed by atoms with van der Waals surface area (Å²) in [5, 5.41) is 3.40. The SMILES string of the molecule is CC(C)Oc1cccc(Sc2ccc(Cl)cc2Br)c1NC=O. The topological polar surface area (TPSA) is 38.3 Å². The van der Waals surface area contributed by atoms with Crippen molar-refractivity contribution in [1.29, 1.82) is 0 Å². The van der Waals surface area contributed by atoms with E-state index >= 15 is 0 Å². The smallest absolute Gasteiger partial charge is 0.211 e. The van der Waals surface area contributed by atoms with Gasteiger partial charge in [-0.15, -0.1) is 0 Å². The first-order chi connectivity index (χ1) is 10.5. The van der Waals surface area contributed by atoms with Crippen molar-refractivity contribution in [3.63, 3.8) is 0 Å². The highest BCUT2D eigenvalue weighted by Crippen LogP contribution is 2.42. The highest BCUT2D eigenvalue weighted by Gasteiger charge is 2.13. The average Bonchev–Trinajstić information content (AvgIpc) is 2.44. The van der Waals surface area contributed by atoms with Crippen LogP contribution in [0.2, 0.25) is 5.02 Å². The molecule has 2 aromatic carbocycles. The van der Waals surface area contributed by atoms with Gasteiger partial charge in [-0.2, -0.15) is 0 Å². The molecule has 3 nitrogen and oxygen atoms in total.